The summed E-state index contributed by atoms with van der Waals surface area (Å²) >= 11 is 0. The molecule has 1 aliphatic rings. The van der Waals surface area contributed by atoms with Gasteiger partial charge in [-0.3, -0.25) is 4.79 Å². The number of amides is 1. The summed E-state index contributed by atoms with van der Waals surface area (Å²) in [7, 11) is 0. The molecule has 1 aliphatic heterocycles. The van der Waals surface area contributed by atoms with E-state index in [2.05, 4.69) is 15.5 Å². The van der Waals surface area contributed by atoms with Crippen molar-refractivity contribution >= 4 is 17.4 Å². The second-order valence-electron chi connectivity index (χ2n) is 3.93. The van der Waals surface area contributed by atoms with Crippen LogP contribution in [0.5, 0.6) is 0 Å². The number of hydrogen-bond donors (Lipinski definition) is 2. The largest absolute Gasteiger partial charge is 0.411 e. The van der Waals surface area contributed by atoms with Gasteiger partial charge in [-0.25, -0.2) is 4.98 Å². The molecular weight excluding hydrogens is 194 g/mol. The highest BCUT2D eigenvalue weighted by molar-refractivity contribution is 6.24. The zero-order chi connectivity index (χ0) is 11.1. The minimum Gasteiger partial charge on any atom is -0.411 e. The Morgan fingerprint density at radius 1 is 1.53 bits per heavy atom. The van der Waals surface area contributed by atoms with Crippen molar-refractivity contribution < 1.29 is 10.0 Å². The van der Waals surface area contributed by atoms with Crippen molar-refractivity contribution in [2.24, 2.45) is 10.6 Å². The average molecular weight is 205 g/mol. The predicted octanol–water partition coefficient (Wildman–Crippen LogP) is 1.24. The quantitative estimate of drug-likeness (QED) is 0.494. The summed E-state index contributed by atoms with van der Waals surface area (Å²) in [5.74, 6) is 0.219. The number of pyridine rings is 1. The number of nitrogens with zero attached hydrogens (tertiary/aromatic N) is 2. The molecule has 0 unspecified atom stereocenters. The molecule has 0 aliphatic carbocycles. The Kier molecular flexibility index (Phi) is 1.96. The summed E-state index contributed by atoms with van der Waals surface area (Å²) in [6, 6.07) is 3.50. The number of rotatable bonds is 0. The first-order valence-electron chi connectivity index (χ1n) is 4.56. The van der Waals surface area contributed by atoms with E-state index in [0.29, 0.717) is 17.1 Å². The lowest BCUT2D eigenvalue weighted by molar-refractivity contribution is -0.121. The van der Waals surface area contributed by atoms with Crippen LogP contribution in [-0.4, -0.2) is 21.8 Å². The van der Waals surface area contributed by atoms with Gasteiger partial charge in [0, 0.05) is 11.8 Å². The van der Waals surface area contributed by atoms with Gasteiger partial charge in [-0.15, -0.1) is 0 Å². The first kappa shape index (κ1) is 9.64. The molecule has 0 spiro atoms. The van der Waals surface area contributed by atoms with Crippen LogP contribution in [0.4, 0.5) is 5.82 Å². The number of fused-ring (bicyclic) bond motifs is 1. The molecule has 5 heteroatoms. The molecule has 2 N–H and O–H groups in total. The smallest absolute Gasteiger partial charge is 0.237 e. The van der Waals surface area contributed by atoms with Gasteiger partial charge in [-0.05, 0) is 26.0 Å². The molecule has 2 rings (SSSR count). The molecule has 0 radical (unpaired) electrons. The fourth-order valence-electron chi connectivity index (χ4n) is 1.58. The first-order valence-corrected chi connectivity index (χ1v) is 4.56. The molecule has 0 atom stereocenters. The van der Waals surface area contributed by atoms with Gasteiger partial charge in [0.15, 0.2) is 0 Å². The van der Waals surface area contributed by atoms with Gasteiger partial charge < -0.3 is 10.5 Å². The first-order chi connectivity index (χ1) is 7.07. The Labute approximate surface area is 86.8 Å². The van der Waals surface area contributed by atoms with Crippen LogP contribution < -0.4 is 5.32 Å². The second kappa shape index (κ2) is 3.05. The van der Waals surface area contributed by atoms with E-state index in [1.165, 1.54) is 0 Å². The summed E-state index contributed by atoms with van der Waals surface area (Å²) in [5.41, 5.74) is 0.157. The van der Waals surface area contributed by atoms with Gasteiger partial charge in [-0.2, -0.15) is 0 Å². The third kappa shape index (κ3) is 1.27. The van der Waals surface area contributed by atoms with E-state index in [4.69, 9.17) is 5.21 Å². The average Bonchev–Trinajstić information content (AvgIpc) is 2.20. The van der Waals surface area contributed by atoms with Gasteiger partial charge in [0.25, 0.3) is 0 Å². The summed E-state index contributed by atoms with van der Waals surface area (Å²) in [6.45, 7) is 3.40. The molecule has 1 amide bonds. The molecule has 78 valence electrons. The van der Waals surface area contributed by atoms with Crippen LogP contribution in [0.15, 0.2) is 23.5 Å². The zero-order valence-electron chi connectivity index (χ0n) is 8.48. The SMILES string of the molecule is CC1(C)C(=O)Nc2ncccc2/C1=N\O. The minimum atomic E-state index is -0.842. The van der Waals surface area contributed by atoms with E-state index in [-0.39, 0.29) is 5.91 Å². The molecular formula is C10H11N3O2. The van der Waals surface area contributed by atoms with Crippen LogP contribution in [0, 0.1) is 5.41 Å². The topological polar surface area (TPSA) is 74.6 Å². The van der Waals surface area contributed by atoms with Crippen molar-refractivity contribution in [2.75, 3.05) is 5.32 Å². The summed E-state index contributed by atoms with van der Waals surface area (Å²) < 4.78 is 0. The fourth-order valence-corrected chi connectivity index (χ4v) is 1.58. The van der Waals surface area contributed by atoms with Crippen molar-refractivity contribution in [2.45, 2.75) is 13.8 Å². The molecule has 2 heterocycles. The highest BCUT2D eigenvalue weighted by Gasteiger charge is 2.40. The number of nitrogens with one attached hydrogen (secondary N) is 1. The number of carbonyl (C=O) groups is 1. The van der Waals surface area contributed by atoms with Crippen LogP contribution >= 0.6 is 0 Å². The van der Waals surface area contributed by atoms with Crippen molar-refractivity contribution in [1.29, 1.82) is 0 Å². The third-order valence-electron chi connectivity index (χ3n) is 2.55. The van der Waals surface area contributed by atoms with E-state index < -0.39 is 5.41 Å². The van der Waals surface area contributed by atoms with E-state index in [1.54, 1.807) is 32.2 Å². The molecule has 0 fully saturated rings. The normalized spacial score (nSPS) is 20.9. The van der Waals surface area contributed by atoms with Crippen molar-refractivity contribution in [3.8, 4) is 0 Å². The van der Waals surface area contributed by atoms with Gasteiger partial charge in [-0.1, -0.05) is 5.16 Å². The Hall–Kier alpha value is -1.91. The van der Waals surface area contributed by atoms with Gasteiger partial charge >= 0.3 is 0 Å². The maximum Gasteiger partial charge on any atom is 0.237 e. The van der Waals surface area contributed by atoms with Crippen LogP contribution in [0.3, 0.4) is 0 Å². The lowest BCUT2D eigenvalue weighted by atomic mass is 9.80. The predicted molar refractivity (Wildman–Crippen MR) is 55.0 cm³/mol. The maximum absolute atomic E-state index is 11.7. The molecule has 0 bridgehead atoms. The number of oxime groups is 1. The minimum absolute atomic E-state index is 0.221. The van der Waals surface area contributed by atoms with Crippen LogP contribution in [0.1, 0.15) is 19.4 Å². The van der Waals surface area contributed by atoms with Crippen molar-refractivity contribution in [3.63, 3.8) is 0 Å². The molecule has 1 aromatic heterocycles. The van der Waals surface area contributed by atoms with E-state index in [0.717, 1.165) is 0 Å². The summed E-state index contributed by atoms with van der Waals surface area (Å²) in [5, 5.41) is 14.9. The monoisotopic (exact) mass is 205 g/mol. The lowest BCUT2D eigenvalue weighted by Crippen LogP contribution is -2.43. The van der Waals surface area contributed by atoms with E-state index in [9.17, 15) is 4.79 Å². The van der Waals surface area contributed by atoms with Gasteiger partial charge in [0.1, 0.15) is 11.5 Å². The number of carbonyl (C=O) groups excluding carboxylic acids is 1. The van der Waals surface area contributed by atoms with Crippen molar-refractivity contribution in [3.05, 3.63) is 23.9 Å². The Balaban J connectivity index is 2.66. The third-order valence-corrected chi connectivity index (χ3v) is 2.55. The Morgan fingerprint density at radius 3 is 2.93 bits per heavy atom. The zero-order valence-corrected chi connectivity index (χ0v) is 8.48. The Bertz CT molecular complexity index is 452. The maximum atomic E-state index is 11.7. The van der Waals surface area contributed by atoms with Crippen LogP contribution in [-0.2, 0) is 4.79 Å². The Morgan fingerprint density at radius 2 is 2.27 bits per heavy atom. The highest BCUT2D eigenvalue weighted by Crippen LogP contribution is 2.32. The van der Waals surface area contributed by atoms with E-state index >= 15 is 0 Å². The molecule has 0 saturated heterocycles. The van der Waals surface area contributed by atoms with Gasteiger partial charge in [0.2, 0.25) is 5.91 Å². The van der Waals surface area contributed by atoms with Crippen molar-refractivity contribution in [1.82, 2.24) is 4.98 Å². The molecule has 0 aromatic carbocycles. The highest BCUT2D eigenvalue weighted by atomic mass is 16.4. The van der Waals surface area contributed by atoms with E-state index in [1.807, 2.05) is 0 Å². The molecule has 15 heavy (non-hydrogen) atoms. The van der Waals surface area contributed by atoms with Crippen LogP contribution in [0.2, 0.25) is 0 Å². The second-order valence-corrected chi connectivity index (χ2v) is 3.93. The number of anilines is 1. The molecule has 1 aromatic rings. The fraction of sp³-hybridized carbons (Fsp3) is 0.300. The van der Waals surface area contributed by atoms with Gasteiger partial charge in [0.05, 0.1) is 5.41 Å². The number of aromatic nitrogens is 1. The summed E-state index contributed by atoms with van der Waals surface area (Å²) in [4.78, 5) is 15.7. The number of hydrogen-bond acceptors (Lipinski definition) is 4. The standard InChI is InChI=1S/C10H11N3O2/c1-10(2)7(13-15)6-4-3-5-11-8(6)12-9(10)14/h3-5,15H,1-2H3,(H,11,12,14)/b13-7+. The van der Waals surface area contributed by atoms with Crippen LogP contribution in [0.25, 0.3) is 0 Å². The molecule has 5 nitrogen and oxygen atoms in total. The lowest BCUT2D eigenvalue weighted by Gasteiger charge is -2.30. The molecule has 0 saturated carbocycles. The summed E-state index contributed by atoms with van der Waals surface area (Å²) in [6.07, 6.45) is 1.58.